The first-order chi connectivity index (χ1) is 24.0. The van der Waals surface area contributed by atoms with Gasteiger partial charge in [0.05, 0.1) is 13.8 Å². The Morgan fingerprint density at radius 2 is 0.872 bits per heavy atom. The summed E-state index contributed by atoms with van der Waals surface area (Å²) in [6, 6.07) is 34.4. The summed E-state index contributed by atoms with van der Waals surface area (Å²) in [6.45, 7) is 0. The van der Waals surface area contributed by atoms with E-state index >= 15 is 0 Å². The number of hydrogen-bond acceptors (Lipinski definition) is 8. The van der Waals surface area contributed by atoms with E-state index < -0.39 is 0 Å². The summed E-state index contributed by atoms with van der Waals surface area (Å²) >= 11 is 0. The van der Waals surface area contributed by atoms with Crippen LogP contribution in [0.3, 0.4) is 0 Å². The summed E-state index contributed by atoms with van der Waals surface area (Å²) in [7, 11) is 0. The molecule has 8 rings (SSSR count). The molecule has 0 saturated heterocycles. The molecule has 0 bridgehead atoms. The Balaban J connectivity index is 1.15. The summed E-state index contributed by atoms with van der Waals surface area (Å²) in [5.41, 5.74) is 1.61. The largest absolute Gasteiger partial charge is 0.457 e. The van der Waals surface area contributed by atoms with Crippen molar-refractivity contribution < 1.29 is 21.7 Å². The highest BCUT2D eigenvalue weighted by molar-refractivity contribution is 6.09. The van der Waals surface area contributed by atoms with Crippen LogP contribution in [0.2, 0.25) is 0 Å². The Kier molecular flexibility index (Phi) is 6.71. The molecule has 4 heterocycles. The minimum Gasteiger partial charge on any atom is -0.457 e. The average molecular weight is 618 g/mol. The lowest BCUT2D eigenvalue weighted by Gasteiger charge is -2.10. The molecule has 0 radical (unpaired) electrons. The van der Waals surface area contributed by atoms with Gasteiger partial charge in [-0.05, 0) is 66.7 Å². The van der Waals surface area contributed by atoms with Crippen molar-refractivity contribution >= 4 is 21.8 Å². The quantitative estimate of drug-likeness (QED) is 0.158. The number of fused-ring (bicyclic) bond motifs is 3. The predicted molar refractivity (Wildman–Crippen MR) is 178 cm³/mol. The maximum absolute atomic E-state index is 8.30. The predicted octanol–water partition coefficient (Wildman–Crippen LogP) is 9.53. The van der Waals surface area contributed by atoms with Gasteiger partial charge in [0, 0.05) is 72.0 Å². The van der Waals surface area contributed by atoms with Crippen LogP contribution in [-0.2, 0) is 0 Å². The minimum absolute atomic E-state index is 0.232. The molecule has 0 aliphatic carbocycles. The molecule has 0 spiro atoms. The molecule has 9 heteroatoms. The van der Waals surface area contributed by atoms with Crippen molar-refractivity contribution in [1.82, 2.24) is 24.5 Å². The fraction of sp³-hybridized carbons (Fsp3) is 0. The fourth-order valence-electron chi connectivity index (χ4n) is 5.15. The lowest BCUT2D eigenvalue weighted by molar-refractivity contribution is 0.448. The molecule has 9 nitrogen and oxygen atoms in total. The van der Waals surface area contributed by atoms with Crippen LogP contribution < -0.4 is 18.9 Å². The zero-order chi connectivity index (χ0) is 33.2. The third kappa shape index (κ3) is 6.01. The minimum atomic E-state index is 0.232. The van der Waals surface area contributed by atoms with Gasteiger partial charge >= 0.3 is 0 Å². The number of ether oxygens (including phenoxy) is 4. The Bertz CT molecular complexity index is 2280. The van der Waals surface area contributed by atoms with Crippen LogP contribution in [0.5, 0.6) is 46.3 Å². The van der Waals surface area contributed by atoms with Crippen LogP contribution in [0, 0.1) is 0 Å². The van der Waals surface area contributed by atoms with Gasteiger partial charge in [0.15, 0.2) is 0 Å². The van der Waals surface area contributed by atoms with E-state index in [2.05, 4.69) is 19.9 Å². The molecule has 0 aliphatic heterocycles. The second-order valence-corrected chi connectivity index (χ2v) is 10.3. The highest BCUT2D eigenvalue weighted by Crippen LogP contribution is 2.38. The summed E-state index contributed by atoms with van der Waals surface area (Å²) in [5.74, 6) is 4.15. The van der Waals surface area contributed by atoms with E-state index in [1.807, 2.05) is 53.1 Å². The molecule has 0 fully saturated rings. The Hall–Kier alpha value is -6.74. The molecule has 0 aliphatic rings. The highest BCUT2D eigenvalue weighted by Gasteiger charge is 2.16. The maximum Gasteiger partial charge on any atom is 0.234 e. The zero-order valence-corrected chi connectivity index (χ0v) is 24.6. The van der Waals surface area contributed by atoms with Crippen LogP contribution >= 0.6 is 0 Å². The van der Waals surface area contributed by atoms with Gasteiger partial charge in [-0.25, -0.2) is 19.9 Å². The summed E-state index contributed by atoms with van der Waals surface area (Å²) in [4.78, 5) is 17.5. The zero-order valence-electron chi connectivity index (χ0n) is 26.6. The lowest BCUT2D eigenvalue weighted by atomic mass is 10.1. The molecule has 0 saturated carbocycles. The maximum atomic E-state index is 8.30. The van der Waals surface area contributed by atoms with Gasteiger partial charge in [-0.1, -0.05) is 24.2 Å². The number of nitrogens with zero attached hydrogens (tertiary/aromatic N) is 5. The molecular weight excluding hydrogens is 590 g/mol. The number of rotatable bonds is 9. The van der Waals surface area contributed by atoms with Gasteiger partial charge in [0.1, 0.15) is 34.5 Å². The highest BCUT2D eigenvalue weighted by atomic mass is 16.5. The third-order valence-electron chi connectivity index (χ3n) is 7.13. The van der Waals surface area contributed by atoms with Crippen molar-refractivity contribution in [2.24, 2.45) is 0 Å². The van der Waals surface area contributed by atoms with E-state index in [0.29, 0.717) is 52.2 Å². The number of pyridine rings is 2. The average Bonchev–Trinajstić information content (AvgIpc) is 3.42. The van der Waals surface area contributed by atoms with E-state index in [1.54, 1.807) is 91.5 Å². The van der Waals surface area contributed by atoms with Gasteiger partial charge in [-0.15, -0.1) is 0 Å². The summed E-state index contributed by atoms with van der Waals surface area (Å²) in [6.07, 6.45) is 6.66. The van der Waals surface area contributed by atoms with E-state index in [0.717, 1.165) is 21.8 Å². The number of aromatic nitrogens is 5. The van der Waals surface area contributed by atoms with Crippen LogP contribution in [0.1, 0.15) is 2.74 Å². The number of hydrogen-bond donors (Lipinski definition) is 0. The van der Waals surface area contributed by atoms with Crippen molar-refractivity contribution in [3.8, 4) is 52.2 Å². The molecule has 8 aromatic rings. The van der Waals surface area contributed by atoms with E-state index in [4.69, 9.17) is 21.7 Å². The smallest absolute Gasteiger partial charge is 0.234 e. The first kappa shape index (κ1) is 25.6. The van der Waals surface area contributed by atoms with Gasteiger partial charge in [0.25, 0.3) is 0 Å². The standard InChI is InChI=1S/C38H25N5O4/c1-3-18-39-36(12-1)46-28-10-5-8-26(22-28)44-30-14-16-32-33-17-15-31(25-35(33)43(34(32)24-30)38-41-20-7-21-42-38)45-27-9-6-11-29(23-27)47-37-13-2-4-19-40-37/h1-25H/i5D,6D. The normalized spacial score (nSPS) is 11.6. The molecular formula is C38H25N5O4. The first-order valence-corrected chi connectivity index (χ1v) is 14.7. The van der Waals surface area contributed by atoms with Gasteiger partial charge in [-0.2, -0.15) is 0 Å². The van der Waals surface area contributed by atoms with E-state index in [-0.39, 0.29) is 12.1 Å². The molecule has 4 aromatic carbocycles. The molecule has 0 amide bonds. The lowest BCUT2D eigenvalue weighted by Crippen LogP contribution is -2.00. The van der Waals surface area contributed by atoms with Crippen LogP contribution in [-0.4, -0.2) is 24.5 Å². The second kappa shape index (κ2) is 12.3. The fourth-order valence-corrected chi connectivity index (χ4v) is 5.15. The van der Waals surface area contributed by atoms with Gasteiger partial charge in [-0.3, -0.25) is 4.57 Å². The second-order valence-electron chi connectivity index (χ2n) is 10.3. The third-order valence-corrected chi connectivity index (χ3v) is 7.13. The van der Waals surface area contributed by atoms with E-state index in [1.165, 1.54) is 0 Å². The first-order valence-electron chi connectivity index (χ1n) is 15.7. The van der Waals surface area contributed by atoms with Crippen LogP contribution in [0.25, 0.3) is 27.8 Å². The topological polar surface area (TPSA) is 93.4 Å². The molecule has 0 unspecified atom stereocenters. The van der Waals surface area contributed by atoms with E-state index in [9.17, 15) is 0 Å². The monoisotopic (exact) mass is 617 g/mol. The van der Waals surface area contributed by atoms with Gasteiger partial charge in [0.2, 0.25) is 17.7 Å². The Labute approximate surface area is 272 Å². The molecule has 0 N–H and O–H groups in total. The van der Waals surface area contributed by atoms with Crippen molar-refractivity contribution in [2.45, 2.75) is 0 Å². The van der Waals surface area contributed by atoms with Crippen molar-refractivity contribution in [1.29, 1.82) is 0 Å². The molecule has 0 atom stereocenters. The molecule has 4 aromatic heterocycles. The van der Waals surface area contributed by atoms with Crippen LogP contribution in [0.4, 0.5) is 0 Å². The van der Waals surface area contributed by atoms with Crippen molar-refractivity contribution in [2.75, 3.05) is 0 Å². The summed E-state index contributed by atoms with van der Waals surface area (Å²) in [5, 5.41) is 1.91. The molecule has 47 heavy (non-hydrogen) atoms. The van der Waals surface area contributed by atoms with Crippen LogP contribution in [0.15, 0.2) is 152 Å². The Morgan fingerprint density at radius 1 is 0.426 bits per heavy atom. The molecule has 226 valence electrons. The summed E-state index contributed by atoms with van der Waals surface area (Å²) < 4.78 is 42.8. The Morgan fingerprint density at radius 3 is 1.34 bits per heavy atom. The van der Waals surface area contributed by atoms with Crippen molar-refractivity contribution in [3.63, 3.8) is 0 Å². The van der Waals surface area contributed by atoms with Gasteiger partial charge < -0.3 is 18.9 Å². The van der Waals surface area contributed by atoms with Crippen molar-refractivity contribution in [3.05, 3.63) is 152 Å². The number of benzene rings is 4. The SMILES string of the molecule is [2H]c1cc(Oc2ccc3c4ccc(Oc5cc([2H])cc(Oc6ccccn6)c5)cc4n(-c4ncccn4)c3c2)cc(Oc2ccccn2)c1.